The Kier molecular flexibility index (Phi) is 2.91. The Labute approximate surface area is 139 Å². The maximum atomic E-state index is 12.6. The minimum atomic E-state index is -0.355. The van der Waals surface area contributed by atoms with Crippen LogP contribution in [-0.2, 0) is 6.42 Å². The highest BCUT2D eigenvalue weighted by Crippen LogP contribution is 2.32. The molecule has 0 aliphatic carbocycles. The molecule has 2 aliphatic heterocycles. The summed E-state index contributed by atoms with van der Waals surface area (Å²) < 4.78 is 0. The molecule has 2 aromatic carbocycles. The number of anilines is 1. The second kappa shape index (κ2) is 4.77. The van der Waals surface area contributed by atoms with Gasteiger partial charge in [-0.05, 0) is 50.1 Å². The average Bonchev–Trinajstić information content (AvgIpc) is 2.78. The first-order valence-corrected chi connectivity index (χ1v) is 7.81. The van der Waals surface area contributed by atoms with E-state index in [0.717, 1.165) is 10.5 Å². The zero-order valence-electron chi connectivity index (χ0n) is 13.4. The first-order valence-electron chi connectivity index (χ1n) is 7.81. The molecule has 0 unspecified atom stereocenters. The Morgan fingerprint density at radius 3 is 2.17 bits per heavy atom. The summed E-state index contributed by atoms with van der Waals surface area (Å²) in [5.41, 5.74) is 2.35. The van der Waals surface area contributed by atoms with Gasteiger partial charge in [-0.1, -0.05) is 18.2 Å². The number of imide groups is 1. The van der Waals surface area contributed by atoms with E-state index in [1.165, 1.54) is 0 Å². The molecular weight excluding hydrogens is 304 g/mol. The number of nitrogens with zero attached hydrogens (tertiary/aromatic N) is 1. The Balaban J connectivity index is 1.78. The van der Waals surface area contributed by atoms with E-state index in [-0.39, 0.29) is 23.3 Å². The molecular formula is C19H16N2O3. The summed E-state index contributed by atoms with van der Waals surface area (Å²) >= 11 is 0. The fourth-order valence-corrected chi connectivity index (χ4v) is 3.39. The number of benzene rings is 2. The van der Waals surface area contributed by atoms with Crippen molar-refractivity contribution in [2.75, 3.05) is 4.90 Å². The molecule has 0 atom stereocenters. The van der Waals surface area contributed by atoms with Crippen LogP contribution in [0, 0.1) is 0 Å². The van der Waals surface area contributed by atoms with Gasteiger partial charge in [0.1, 0.15) is 0 Å². The molecule has 0 spiro atoms. The maximum Gasteiger partial charge on any atom is 0.266 e. The molecule has 0 saturated carbocycles. The standard InChI is InChI=1S/C19H16N2O3/c1-19(2)10-11-7-8-12(9-15(11)16(22)20-19)21-17(23)13-5-3-4-6-14(13)18(21)24/h3-9H,10H2,1-2H3,(H,20,22). The second-order valence-electron chi connectivity index (χ2n) is 6.85. The largest absolute Gasteiger partial charge is 0.347 e. The second-order valence-corrected chi connectivity index (χ2v) is 6.85. The van der Waals surface area contributed by atoms with Gasteiger partial charge in [0.05, 0.1) is 16.8 Å². The van der Waals surface area contributed by atoms with E-state index in [4.69, 9.17) is 0 Å². The van der Waals surface area contributed by atoms with Crippen LogP contribution in [0.4, 0.5) is 5.69 Å². The van der Waals surface area contributed by atoms with E-state index < -0.39 is 0 Å². The molecule has 2 aliphatic rings. The van der Waals surface area contributed by atoms with Crippen LogP contribution in [0.5, 0.6) is 0 Å². The quantitative estimate of drug-likeness (QED) is 0.821. The monoisotopic (exact) mass is 320 g/mol. The third-order valence-corrected chi connectivity index (χ3v) is 4.47. The molecule has 0 radical (unpaired) electrons. The molecule has 0 saturated heterocycles. The third-order valence-electron chi connectivity index (χ3n) is 4.47. The van der Waals surface area contributed by atoms with Gasteiger partial charge < -0.3 is 5.32 Å². The minimum absolute atomic E-state index is 0.181. The average molecular weight is 320 g/mol. The van der Waals surface area contributed by atoms with Gasteiger partial charge in [0.25, 0.3) is 17.7 Å². The van der Waals surface area contributed by atoms with Gasteiger partial charge in [-0.15, -0.1) is 0 Å². The molecule has 120 valence electrons. The van der Waals surface area contributed by atoms with Crippen molar-refractivity contribution in [3.8, 4) is 0 Å². The highest BCUT2D eigenvalue weighted by molar-refractivity contribution is 6.34. The van der Waals surface area contributed by atoms with Crippen LogP contribution in [-0.4, -0.2) is 23.3 Å². The summed E-state index contributed by atoms with van der Waals surface area (Å²) in [6.45, 7) is 3.93. The molecule has 0 fully saturated rings. The molecule has 0 bridgehead atoms. The Morgan fingerprint density at radius 2 is 1.54 bits per heavy atom. The van der Waals surface area contributed by atoms with E-state index in [1.807, 2.05) is 19.9 Å². The lowest BCUT2D eigenvalue weighted by Crippen LogP contribution is -2.49. The number of hydrogen-bond acceptors (Lipinski definition) is 3. The molecule has 4 rings (SSSR count). The predicted octanol–water partition coefficient (Wildman–Crippen LogP) is 2.55. The van der Waals surface area contributed by atoms with Crippen molar-refractivity contribution in [3.05, 3.63) is 64.7 Å². The van der Waals surface area contributed by atoms with Gasteiger partial charge in [-0.25, -0.2) is 4.90 Å². The number of carbonyl (C=O) groups is 3. The van der Waals surface area contributed by atoms with Gasteiger partial charge in [0.15, 0.2) is 0 Å². The summed E-state index contributed by atoms with van der Waals surface area (Å²) in [5.74, 6) is -0.890. The fraction of sp³-hybridized carbons (Fsp3) is 0.211. The number of hydrogen-bond donors (Lipinski definition) is 1. The first kappa shape index (κ1) is 14.6. The molecule has 5 heteroatoms. The lowest BCUT2D eigenvalue weighted by Gasteiger charge is -2.32. The van der Waals surface area contributed by atoms with Crippen LogP contribution >= 0.6 is 0 Å². The van der Waals surface area contributed by atoms with Gasteiger partial charge in [0, 0.05) is 11.1 Å². The summed E-state index contributed by atoms with van der Waals surface area (Å²) in [5, 5.41) is 2.94. The highest BCUT2D eigenvalue weighted by atomic mass is 16.2. The van der Waals surface area contributed by atoms with Gasteiger partial charge in [-0.3, -0.25) is 14.4 Å². The zero-order valence-corrected chi connectivity index (χ0v) is 13.4. The van der Waals surface area contributed by atoms with Gasteiger partial charge in [-0.2, -0.15) is 0 Å². The van der Waals surface area contributed by atoms with E-state index in [2.05, 4.69) is 5.32 Å². The maximum absolute atomic E-state index is 12.6. The fourth-order valence-electron chi connectivity index (χ4n) is 3.39. The highest BCUT2D eigenvalue weighted by Gasteiger charge is 2.37. The normalized spacial score (nSPS) is 18.2. The van der Waals surface area contributed by atoms with Crippen molar-refractivity contribution in [2.45, 2.75) is 25.8 Å². The van der Waals surface area contributed by atoms with Crippen molar-refractivity contribution in [3.63, 3.8) is 0 Å². The van der Waals surface area contributed by atoms with Crippen LogP contribution in [0.15, 0.2) is 42.5 Å². The molecule has 24 heavy (non-hydrogen) atoms. The lowest BCUT2D eigenvalue weighted by molar-refractivity contribution is 0.0889. The third kappa shape index (κ3) is 2.05. The van der Waals surface area contributed by atoms with Crippen molar-refractivity contribution in [2.24, 2.45) is 0 Å². The summed E-state index contributed by atoms with van der Waals surface area (Å²) in [6.07, 6.45) is 0.705. The van der Waals surface area contributed by atoms with Crippen LogP contribution in [0.1, 0.15) is 50.5 Å². The molecule has 3 amide bonds. The summed E-state index contributed by atoms with van der Waals surface area (Å²) in [4.78, 5) is 38.6. The Bertz CT molecular complexity index is 880. The SMILES string of the molecule is CC1(C)Cc2ccc(N3C(=O)c4ccccc4C3=O)cc2C(=O)N1. The summed E-state index contributed by atoms with van der Waals surface area (Å²) in [7, 11) is 0. The summed E-state index contributed by atoms with van der Waals surface area (Å²) in [6, 6.07) is 11.9. The molecule has 2 aromatic rings. The zero-order chi connectivity index (χ0) is 17.1. The number of nitrogens with one attached hydrogen (secondary N) is 1. The van der Waals surface area contributed by atoms with E-state index in [0.29, 0.717) is 28.8 Å². The number of fused-ring (bicyclic) bond motifs is 2. The van der Waals surface area contributed by atoms with Crippen molar-refractivity contribution in [1.82, 2.24) is 5.32 Å². The van der Waals surface area contributed by atoms with Gasteiger partial charge in [0.2, 0.25) is 0 Å². The minimum Gasteiger partial charge on any atom is -0.347 e. The van der Waals surface area contributed by atoms with Crippen LogP contribution in [0.3, 0.4) is 0 Å². The smallest absolute Gasteiger partial charge is 0.266 e. The lowest BCUT2D eigenvalue weighted by atomic mass is 9.87. The van der Waals surface area contributed by atoms with Crippen molar-refractivity contribution in [1.29, 1.82) is 0 Å². The van der Waals surface area contributed by atoms with Crippen molar-refractivity contribution < 1.29 is 14.4 Å². The molecule has 2 heterocycles. The van der Waals surface area contributed by atoms with E-state index in [1.54, 1.807) is 36.4 Å². The Hall–Kier alpha value is -2.95. The molecule has 5 nitrogen and oxygen atoms in total. The van der Waals surface area contributed by atoms with Gasteiger partial charge >= 0.3 is 0 Å². The number of rotatable bonds is 1. The number of amides is 3. The molecule has 0 aromatic heterocycles. The Morgan fingerprint density at radius 1 is 0.917 bits per heavy atom. The van der Waals surface area contributed by atoms with Crippen LogP contribution in [0.2, 0.25) is 0 Å². The first-order chi connectivity index (χ1) is 11.4. The van der Waals surface area contributed by atoms with E-state index in [9.17, 15) is 14.4 Å². The predicted molar refractivity (Wildman–Crippen MR) is 89.3 cm³/mol. The molecule has 1 N–H and O–H groups in total. The van der Waals surface area contributed by atoms with Crippen LogP contribution in [0.25, 0.3) is 0 Å². The van der Waals surface area contributed by atoms with Crippen molar-refractivity contribution >= 4 is 23.4 Å². The van der Waals surface area contributed by atoms with E-state index >= 15 is 0 Å². The number of carbonyl (C=O) groups excluding carboxylic acids is 3. The topological polar surface area (TPSA) is 66.5 Å². The van der Waals surface area contributed by atoms with Crippen LogP contribution < -0.4 is 10.2 Å².